The quantitative estimate of drug-likeness (QED) is 0.906. The number of halogens is 1. The number of fused-ring (bicyclic) bond motifs is 1. The van der Waals surface area contributed by atoms with E-state index in [4.69, 9.17) is 5.73 Å². The standard InChI is InChI=1S/C19H24FN5O/c20-15-5-3-4-14(10-15)11-16-22-23-17-12-24(8-9-25(16)17)18(26)19(13-21)6-1-2-7-19/h3-5,10H,1-2,6-9,11-13,21H2. The first kappa shape index (κ1) is 17.1. The molecule has 0 radical (unpaired) electrons. The van der Waals surface area contributed by atoms with Gasteiger partial charge < -0.3 is 15.2 Å². The molecule has 1 aromatic carbocycles. The van der Waals surface area contributed by atoms with Crippen LogP contribution in [0.1, 0.15) is 42.9 Å². The molecule has 0 unspecified atom stereocenters. The Morgan fingerprint density at radius 3 is 2.77 bits per heavy atom. The third-order valence-electron chi connectivity index (χ3n) is 5.77. The Morgan fingerprint density at radius 2 is 2.04 bits per heavy atom. The van der Waals surface area contributed by atoms with Gasteiger partial charge in [-0.2, -0.15) is 0 Å². The zero-order chi connectivity index (χ0) is 18.1. The van der Waals surface area contributed by atoms with Crippen molar-refractivity contribution in [2.24, 2.45) is 11.1 Å². The molecule has 1 saturated carbocycles. The molecule has 1 amide bonds. The molecule has 1 fully saturated rings. The van der Waals surface area contributed by atoms with Crippen molar-refractivity contribution < 1.29 is 9.18 Å². The number of carbonyl (C=O) groups is 1. The smallest absolute Gasteiger partial charge is 0.230 e. The zero-order valence-corrected chi connectivity index (χ0v) is 14.8. The molecule has 2 aromatic rings. The maximum atomic E-state index is 13.4. The molecule has 2 N–H and O–H groups in total. The summed E-state index contributed by atoms with van der Waals surface area (Å²) in [5.74, 6) is 1.52. The number of nitrogens with zero attached hydrogens (tertiary/aromatic N) is 4. The lowest BCUT2D eigenvalue weighted by atomic mass is 9.84. The first-order valence-corrected chi connectivity index (χ1v) is 9.26. The van der Waals surface area contributed by atoms with Gasteiger partial charge in [0.2, 0.25) is 5.91 Å². The molecule has 4 rings (SSSR count). The number of rotatable bonds is 4. The minimum absolute atomic E-state index is 0.165. The van der Waals surface area contributed by atoms with Crippen molar-refractivity contribution in [3.8, 4) is 0 Å². The number of hydrogen-bond donors (Lipinski definition) is 1. The largest absolute Gasteiger partial charge is 0.333 e. The minimum atomic E-state index is -0.382. The highest BCUT2D eigenvalue weighted by Crippen LogP contribution is 2.39. The van der Waals surface area contributed by atoms with Crippen LogP contribution in [0.25, 0.3) is 0 Å². The summed E-state index contributed by atoms with van der Waals surface area (Å²) in [6.07, 6.45) is 4.45. The van der Waals surface area contributed by atoms with E-state index in [-0.39, 0.29) is 17.1 Å². The van der Waals surface area contributed by atoms with Crippen molar-refractivity contribution in [1.82, 2.24) is 19.7 Å². The molecule has 6 nitrogen and oxygen atoms in total. The van der Waals surface area contributed by atoms with E-state index in [0.717, 1.165) is 42.9 Å². The summed E-state index contributed by atoms with van der Waals surface area (Å²) in [4.78, 5) is 14.9. The fourth-order valence-electron chi connectivity index (χ4n) is 4.24. The third-order valence-corrected chi connectivity index (χ3v) is 5.77. The van der Waals surface area contributed by atoms with Crippen LogP contribution in [0.2, 0.25) is 0 Å². The van der Waals surface area contributed by atoms with Gasteiger partial charge in [0.05, 0.1) is 12.0 Å². The van der Waals surface area contributed by atoms with Crippen LogP contribution in [0.15, 0.2) is 24.3 Å². The molecule has 0 saturated heterocycles. The first-order valence-electron chi connectivity index (χ1n) is 9.26. The molecule has 2 aliphatic rings. The van der Waals surface area contributed by atoms with Gasteiger partial charge in [0.15, 0.2) is 5.82 Å². The molecule has 0 spiro atoms. The lowest BCUT2D eigenvalue weighted by molar-refractivity contribution is -0.143. The van der Waals surface area contributed by atoms with Gasteiger partial charge in [0, 0.05) is 26.1 Å². The number of aromatic nitrogens is 3. The molecular weight excluding hydrogens is 333 g/mol. The Balaban J connectivity index is 1.50. The molecule has 0 atom stereocenters. The van der Waals surface area contributed by atoms with E-state index in [2.05, 4.69) is 14.8 Å². The number of benzene rings is 1. The number of nitrogens with two attached hydrogens (primary N) is 1. The molecule has 138 valence electrons. The van der Waals surface area contributed by atoms with Gasteiger partial charge in [0.1, 0.15) is 11.6 Å². The van der Waals surface area contributed by atoms with Gasteiger partial charge in [-0.15, -0.1) is 10.2 Å². The predicted molar refractivity (Wildman–Crippen MR) is 94.6 cm³/mol. The molecule has 26 heavy (non-hydrogen) atoms. The van der Waals surface area contributed by atoms with E-state index < -0.39 is 0 Å². The summed E-state index contributed by atoms with van der Waals surface area (Å²) in [6.45, 7) is 2.19. The minimum Gasteiger partial charge on any atom is -0.333 e. The highest BCUT2D eigenvalue weighted by atomic mass is 19.1. The van der Waals surface area contributed by atoms with Crippen molar-refractivity contribution in [3.05, 3.63) is 47.3 Å². The van der Waals surface area contributed by atoms with Crippen LogP contribution in [-0.4, -0.2) is 38.7 Å². The Labute approximate surface area is 152 Å². The number of amides is 1. The normalized spacial score (nSPS) is 18.8. The van der Waals surface area contributed by atoms with Gasteiger partial charge >= 0.3 is 0 Å². The Kier molecular flexibility index (Phi) is 4.48. The van der Waals surface area contributed by atoms with Crippen molar-refractivity contribution in [2.75, 3.05) is 13.1 Å². The van der Waals surface area contributed by atoms with Gasteiger partial charge in [0.25, 0.3) is 0 Å². The summed E-state index contributed by atoms with van der Waals surface area (Å²) in [5.41, 5.74) is 6.45. The third kappa shape index (κ3) is 3.00. The SMILES string of the molecule is NCC1(C(=O)N2CCn3c(Cc4cccc(F)c4)nnc3C2)CCCC1. The summed E-state index contributed by atoms with van der Waals surface area (Å²) in [6, 6.07) is 6.54. The average Bonchev–Trinajstić information content (AvgIpc) is 3.29. The maximum Gasteiger partial charge on any atom is 0.230 e. The van der Waals surface area contributed by atoms with Gasteiger partial charge in [-0.25, -0.2) is 4.39 Å². The molecule has 2 heterocycles. The fraction of sp³-hybridized carbons (Fsp3) is 0.526. The Hall–Kier alpha value is -2.28. The second kappa shape index (κ2) is 6.79. The summed E-state index contributed by atoms with van der Waals surface area (Å²) >= 11 is 0. The van der Waals surface area contributed by atoms with E-state index in [1.54, 1.807) is 6.07 Å². The summed E-state index contributed by atoms with van der Waals surface area (Å²) in [7, 11) is 0. The lowest BCUT2D eigenvalue weighted by Crippen LogP contribution is -2.49. The van der Waals surface area contributed by atoms with Crippen molar-refractivity contribution in [2.45, 2.75) is 45.2 Å². The molecule has 1 aliphatic heterocycles. The topological polar surface area (TPSA) is 77.0 Å². The van der Waals surface area contributed by atoms with Crippen molar-refractivity contribution >= 4 is 5.91 Å². The fourth-order valence-corrected chi connectivity index (χ4v) is 4.24. The van der Waals surface area contributed by atoms with E-state index >= 15 is 0 Å². The molecule has 0 bridgehead atoms. The van der Waals surface area contributed by atoms with Crippen LogP contribution in [0.5, 0.6) is 0 Å². The predicted octanol–water partition coefficient (Wildman–Crippen LogP) is 1.87. The summed E-state index contributed by atoms with van der Waals surface area (Å²) < 4.78 is 15.4. The maximum absolute atomic E-state index is 13.4. The summed E-state index contributed by atoms with van der Waals surface area (Å²) in [5, 5.41) is 8.56. The Bertz CT molecular complexity index is 812. The number of carbonyl (C=O) groups excluding carboxylic acids is 1. The highest BCUT2D eigenvalue weighted by Gasteiger charge is 2.43. The van der Waals surface area contributed by atoms with E-state index in [1.165, 1.54) is 12.1 Å². The molecule has 1 aliphatic carbocycles. The van der Waals surface area contributed by atoms with Crippen LogP contribution in [0.4, 0.5) is 4.39 Å². The van der Waals surface area contributed by atoms with Gasteiger partial charge in [-0.05, 0) is 30.5 Å². The van der Waals surface area contributed by atoms with Crippen LogP contribution < -0.4 is 5.73 Å². The van der Waals surface area contributed by atoms with Crippen LogP contribution >= 0.6 is 0 Å². The highest BCUT2D eigenvalue weighted by molar-refractivity contribution is 5.83. The van der Waals surface area contributed by atoms with Crippen molar-refractivity contribution in [1.29, 1.82) is 0 Å². The van der Waals surface area contributed by atoms with Gasteiger partial charge in [-0.3, -0.25) is 4.79 Å². The Morgan fingerprint density at radius 1 is 1.23 bits per heavy atom. The second-order valence-corrected chi connectivity index (χ2v) is 7.41. The zero-order valence-electron chi connectivity index (χ0n) is 14.8. The molecular formula is C19H24FN5O. The van der Waals surface area contributed by atoms with E-state index in [1.807, 2.05) is 11.0 Å². The first-order chi connectivity index (χ1) is 12.6. The molecule has 7 heteroatoms. The van der Waals surface area contributed by atoms with E-state index in [9.17, 15) is 9.18 Å². The van der Waals surface area contributed by atoms with Crippen LogP contribution in [0, 0.1) is 11.2 Å². The lowest BCUT2D eigenvalue weighted by Gasteiger charge is -2.35. The molecule has 1 aromatic heterocycles. The van der Waals surface area contributed by atoms with Crippen molar-refractivity contribution in [3.63, 3.8) is 0 Å². The average molecular weight is 357 g/mol. The van der Waals surface area contributed by atoms with Gasteiger partial charge in [-0.1, -0.05) is 25.0 Å². The number of hydrogen-bond acceptors (Lipinski definition) is 4. The second-order valence-electron chi connectivity index (χ2n) is 7.41. The van der Waals surface area contributed by atoms with Crippen LogP contribution in [0.3, 0.4) is 0 Å². The monoisotopic (exact) mass is 357 g/mol. The van der Waals surface area contributed by atoms with E-state index in [0.29, 0.717) is 32.6 Å². The van der Waals surface area contributed by atoms with Crippen LogP contribution in [-0.2, 0) is 24.3 Å².